The van der Waals surface area contributed by atoms with Crippen LogP contribution in [0, 0.1) is 5.41 Å². The molecule has 92 valence electrons. The molecule has 6 nitrogen and oxygen atoms in total. The average molecular weight is 301 g/mol. The second kappa shape index (κ2) is 4.14. The largest absolute Gasteiger partial charge is 0.369 e. The first-order chi connectivity index (χ1) is 7.94. The van der Waals surface area contributed by atoms with Crippen molar-refractivity contribution in [1.82, 2.24) is 9.97 Å². The molecule has 2 heterocycles. The van der Waals surface area contributed by atoms with Crippen LogP contribution in [0.25, 0.3) is 0 Å². The van der Waals surface area contributed by atoms with Crippen molar-refractivity contribution in [3.8, 4) is 0 Å². The molecule has 3 N–H and O–H groups in total. The number of hydrogen-bond donors (Lipinski definition) is 2. The molecule has 17 heavy (non-hydrogen) atoms. The number of primary amides is 1. The first kappa shape index (κ1) is 12.1. The maximum atomic E-state index is 11.4. The van der Waals surface area contributed by atoms with Gasteiger partial charge in [-0.2, -0.15) is 0 Å². The maximum Gasteiger partial charge on any atom is 0.267 e. The van der Waals surface area contributed by atoms with E-state index < -0.39 is 5.41 Å². The molecule has 1 amide bonds. The molecule has 0 aliphatic carbocycles. The number of carbonyl (C=O) groups excluding carboxylic acids is 1. The van der Waals surface area contributed by atoms with Gasteiger partial charge in [0, 0.05) is 13.1 Å². The topological polar surface area (TPSA) is 92.1 Å². The van der Waals surface area contributed by atoms with Crippen molar-refractivity contribution in [2.75, 3.05) is 18.0 Å². The molecule has 1 atom stereocenters. The number of rotatable bonds is 2. The fraction of sp³-hybridized carbons (Fsp3) is 0.500. The summed E-state index contributed by atoms with van der Waals surface area (Å²) in [4.78, 5) is 31.3. The lowest BCUT2D eigenvalue weighted by Gasteiger charge is -2.22. The van der Waals surface area contributed by atoms with Gasteiger partial charge in [0.1, 0.15) is 10.3 Å². The molecule has 2 rings (SSSR count). The molecule has 1 unspecified atom stereocenters. The van der Waals surface area contributed by atoms with E-state index in [0.29, 0.717) is 29.8 Å². The summed E-state index contributed by atoms with van der Waals surface area (Å²) in [5.74, 6) is 0.236. The Balaban J connectivity index is 2.30. The summed E-state index contributed by atoms with van der Waals surface area (Å²) in [5, 5.41) is 0. The number of H-pyrrole nitrogens is 1. The Kier molecular flexibility index (Phi) is 2.94. The lowest BCUT2D eigenvalue weighted by atomic mass is 9.89. The SMILES string of the molecule is CC1(C(N)=O)CCN(c2nc[nH]c(=O)c2Br)C1. The van der Waals surface area contributed by atoms with Gasteiger partial charge >= 0.3 is 0 Å². The van der Waals surface area contributed by atoms with Crippen molar-refractivity contribution in [1.29, 1.82) is 0 Å². The molecule has 1 aliphatic rings. The zero-order chi connectivity index (χ0) is 12.6. The molecule has 1 aliphatic heterocycles. The van der Waals surface area contributed by atoms with Gasteiger partial charge in [-0.25, -0.2) is 4.98 Å². The zero-order valence-corrected chi connectivity index (χ0v) is 11.0. The Morgan fingerprint density at radius 3 is 3.00 bits per heavy atom. The van der Waals surface area contributed by atoms with E-state index in [1.54, 1.807) is 0 Å². The molecule has 1 saturated heterocycles. The highest BCUT2D eigenvalue weighted by Gasteiger charge is 2.39. The first-order valence-corrected chi connectivity index (χ1v) is 6.01. The molecule has 7 heteroatoms. The highest BCUT2D eigenvalue weighted by atomic mass is 79.9. The van der Waals surface area contributed by atoms with E-state index in [4.69, 9.17) is 5.73 Å². The predicted octanol–water partition coefficient (Wildman–Crippen LogP) is 0.234. The molecular formula is C10H13BrN4O2. The van der Waals surface area contributed by atoms with Crippen LogP contribution >= 0.6 is 15.9 Å². The first-order valence-electron chi connectivity index (χ1n) is 5.22. The quantitative estimate of drug-likeness (QED) is 0.818. The van der Waals surface area contributed by atoms with Crippen molar-refractivity contribution in [3.05, 3.63) is 21.2 Å². The Hall–Kier alpha value is -1.37. The summed E-state index contributed by atoms with van der Waals surface area (Å²) in [6, 6.07) is 0. The van der Waals surface area contributed by atoms with Gasteiger partial charge in [-0.05, 0) is 29.3 Å². The Morgan fingerprint density at radius 1 is 1.71 bits per heavy atom. The average Bonchev–Trinajstić information content (AvgIpc) is 2.66. The fourth-order valence-electron chi connectivity index (χ4n) is 1.94. The maximum absolute atomic E-state index is 11.4. The van der Waals surface area contributed by atoms with Gasteiger partial charge in [0.05, 0.1) is 11.7 Å². The summed E-state index contributed by atoms with van der Waals surface area (Å²) < 4.78 is 0.383. The van der Waals surface area contributed by atoms with Crippen molar-refractivity contribution in [2.45, 2.75) is 13.3 Å². The smallest absolute Gasteiger partial charge is 0.267 e. The van der Waals surface area contributed by atoms with Crippen molar-refractivity contribution < 1.29 is 4.79 Å². The standard InChI is InChI=1S/C10H13BrN4O2/c1-10(9(12)17)2-3-15(4-10)7-6(11)8(16)14-5-13-7/h5H,2-4H2,1H3,(H2,12,17)(H,13,14,16). The van der Waals surface area contributed by atoms with Crippen LogP contribution in [0.2, 0.25) is 0 Å². The summed E-state index contributed by atoms with van der Waals surface area (Å²) in [6.45, 7) is 2.97. The molecular weight excluding hydrogens is 288 g/mol. The van der Waals surface area contributed by atoms with E-state index in [2.05, 4.69) is 25.9 Å². The number of aromatic amines is 1. The monoisotopic (exact) mass is 300 g/mol. The second-order valence-electron chi connectivity index (χ2n) is 4.47. The number of anilines is 1. The Labute approximate surface area is 106 Å². The van der Waals surface area contributed by atoms with Gasteiger partial charge in [-0.3, -0.25) is 9.59 Å². The number of nitrogens with zero attached hydrogens (tertiary/aromatic N) is 2. The van der Waals surface area contributed by atoms with Crippen LogP contribution in [-0.2, 0) is 4.79 Å². The highest BCUT2D eigenvalue weighted by molar-refractivity contribution is 9.10. The molecule has 0 aromatic carbocycles. The summed E-state index contributed by atoms with van der Waals surface area (Å²) >= 11 is 3.20. The predicted molar refractivity (Wildman–Crippen MR) is 66.7 cm³/mol. The summed E-state index contributed by atoms with van der Waals surface area (Å²) in [6.07, 6.45) is 2.02. The van der Waals surface area contributed by atoms with E-state index in [1.807, 2.05) is 11.8 Å². The minimum absolute atomic E-state index is 0.234. The van der Waals surface area contributed by atoms with E-state index >= 15 is 0 Å². The molecule has 0 spiro atoms. The molecule has 0 bridgehead atoms. The zero-order valence-electron chi connectivity index (χ0n) is 9.36. The minimum atomic E-state index is -0.552. The van der Waals surface area contributed by atoms with Crippen molar-refractivity contribution in [3.63, 3.8) is 0 Å². The molecule has 1 aromatic heterocycles. The van der Waals surface area contributed by atoms with Crippen molar-refractivity contribution >= 4 is 27.7 Å². The molecule has 0 saturated carbocycles. The lowest BCUT2D eigenvalue weighted by molar-refractivity contribution is -0.125. The minimum Gasteiger partial charge on any atom is -0.369 e. The van der Waals surface area contributed by atoms with Crippen LogP contribution in [0.5, 0.6) is 0 Å². The summed E-state index contributed by atoms with van der Waals surface area (Å²) in [5.41, 5.74) is 4.59. The van der Waals surface area contributed by atoms with Gasteiger partial charge in [-0.1, -0.05) is 0 Å². The van der Waals surface area contributed by atoms with Crippen LogP contribution in [0.15, 0.2) is 15.6 Å². The van der Waals surface area contributed by atoms with Crippen LogP contribution in [0.1, 0.15) is 13.3 Å². The van der Waals surface area contributed by atoms with Gasteiger partial charge < -0.3 is 15.6 Å². The third kappa shape index (κ3) is 2.06. The van der Waals surface area contributed by atoms with E-state index in [1.165, 1.54) is 6.33 Å². The third-order valence-electron chi connectivity index (χ3n) is 3.15. The molecule has 1 aromatic rings. The summed E-state index contributed by atoms with van der Waals surface area (Å²) in [7, 11) is 0. The van der Waals surface area contributed by atoms with E-state index in [9.17, 15) is 9.59 Å². The number of carbonyl (C=O) groups is 1. The van der Waals surface area contributed by atoms with E-state index in [-0.39, 0.29) is 11.5 Å². The lowest BCUT2D eigenvalue weighted by Crippen LogP contribution is -2.37. The van der Waals surface area contributed by atoms with Gasteiger partial charge in [0.2, 0.25) is 5.91 Å². The Bertz CT molecular complexity index is 515. The van der Waals surface area contributed by atoms with Gasteiger partial charge in [0.15, 0.2) is 0 Å². The van der Waals surface area contributed by atoms with Crippen LogP contribution in [-0.4, -0.2) is 29.0 Å². The number of nitrogens with two attached hydrogens (primary N) is 1. The number of aromatic nitrogens is 2. The van der Waals surface area contributed by atoms with Gasteiger partial charge in [-0.15, -0.1) is 0 Å². The number of hydrogen-bond acceptors (Lipinski definition) is 4. The number of amides is 1. The normalized spacial score (nSPS) is 24.0. The van der Waals surface area contributed by atoms with Crippen molar-refractivity contribution in [2.24, 2.45) is 11.1 Å². The van der Waals surface area contributed by atoms with Gasteiger partial charge in [0.25, 0.3) is 5.56 Å². The molecule has 1 fully saturated rings. The van der Waals surface area contributed by atoms with Crippen LogP contribution in [0.3, 0.4) is 0 Å². The number of nitrogens with one attached hydrogen (secondary N) is 1. The second-order valence-corrected chi connectivity index (χ2v) is 5.26. The fourth-order valence-corrected chi connectivity index (χ4v) is 2.40. The Morgan fingerprint density at radius 2 is 2.41 bits per heavy atom. The highest BCUT2D eigenvalue weighted by Crippen LogP contribution is 2.33. The number of halogens is 1. The van der Waals surface area contributed by atoms with E-state index in [0.717, 1.165) is 0 Å². The van der Waals surface area contributed by atoms with Crippen LogP contribution in [0.4, 0.5) is 5.82 Å². The van der Waals surface area contributed by atoms with Crippen LogP contribution < -0.4 is 16.2 Å². The molecule has 0 radical (unpaired) electrons. The third-order valence-corrected chi connectivity index (χ3v) is 3.86.